The molecule has 0 aliphatic carbocycles. The van der Waals surface area contributed by atoms with Gasteiger partial charge in [-0.1, -0.05) is 20.8 Å². The summed E-state index contributed by atoms with van der Waals surface area (Å²) in [5.41, 5.74) is 0. The van der Waals surface area contributed by atoms with Crippen LogP contribution in [0.25, 0.3) is 0 Å². The third kappa shape index (κ3) is 7.24. The second kappa shape index (κ2) is 10.1. The summed E-state index contributed by atoms with van der Waals surface area (Å²) in [6.07, 6.45) is 5.02. The Bertz CT molecular complexity index is 142. The van der Waals surface area contributed by atoms with Crippen LogP contribution in [0.4, 0.5) is 0 Å². The summed E-state index contributed by atoms with van der Waals surface area (Å²) in [6.45, 7) is 15.1. The van der Waals surface area contributed by atoms with Gasteiger partial charge in [-0.05, 0) is 59.2 Å². The van der Waals surface area contributed by atoms with Gasteiger partial charge in [0.05, 0.1) is 0 Å². The van der Waals surface area contributed by atoms with E-state index in [1.807, 2.05) is 0 Å². The van der Waals surface area contributed by atoms with Crippen molar-refractivity contribution in [2.24, 2.45) is 0 Å². The standard InChI is InChI=1S/C14H32N2/c1-6-9-15-13(4)12-14(5)16(10-7-2)11-8-3/h13-15H,6-12H2,1-5H3. The molecule has 2 atom stereocenters. The van der Waals surface area contributed by atoms with E-state index in [1.54, 1.807) is 0 Å². The van der Waals surface area contributed by atoms with Crippen LogP contribution in [0.1, 0.15) is 60.3 Å². The lowest BCUT2D eigenvalue weighted by Gasteiger charge is -2.30. The van der Waals surface area contributed by atoms with Gasteiger partial charge in [0, 0.05) is 12.1 Å². The predicted octanol–water partition coefficient (Wildman–Crippen LogP) is 3.28. The second-order valence-corrected chi connectivity index (χ2v) is 4.98. The first-order chi connectivity index (χ1) is 7.65. The molecule has 0 aromatic carbocycles. The van der Waals surface area contributed by atoms with Crippen molar-refractivity contribution in [3.63, 3.8) is 0 Å². The molecule has 16 heavy (non-hydrogen) atoms. The van der Waals surface area contributed by atoms with Crippen molar-refractivity contribution < 1.29 is 0 Å². The Morgan fingerprint density at radius 1 is 0.938 bits per heavy atom. The zero-order chi connectivity index (χ0) is 12.4. The van der Waals surface area contributed by atoms with E-state index < -0.39 is 0 Å². The molecule has 0 aliphatic rings. The maximum absolute atomic E-state index is 3.58. The molecule has 0 fully saturated rings. The van der Waals surface area contributed by atoms with Crippen molar-refractivity contribution >= 4 is 0 Å². The molecule has 0 aromatic heterocycles. The van der Waals surface area contributed by atoms with E-state index in [2.05, 4.69) is 44.8 Å². The first-order valence-electron chi connectivity index (χ1n) is 7.13. The highest BCUT2D eigenvalue weighted by Gasteiger charge is 2.14. The molecular formula is C14H32N2. The summed E-state index contributed by atoms with van der Waals surface area (Å²) in [7, 11) is 0. The largest absolute Gasteiger partial charge is 0.314 e. The van der Waals surface area contributed by atoms with Crippen LogP contribution in [-0.2, 0) is 0 Å². The monoisotopic (exact) mass is 228 g/mol. The van der Waals surface area contributed by atoms with Crippen molar-refractivity contribution in [3.8, 4) is 0 Å². The molecule has 0 radical (unpaired) electrons. The molecule has 1 N–H and O–H groups in total. The minimum absolute atomic E-state index is 0.645. The Hall–Kier alpha value is -0.0800. The Kier molecular flexibility index (Phi) is 10.0. The molecule has 0 aromatic rings. The first kappa shape index (κ1) is 15.9. The lowest BCUT2D eigenvalue weighted by molar-refractivity contribution is 0.189. The summed E-state index contributed by atoms with van der Waals surface area (Å²) in [5, 5.41) is 3.58. The van der Waals surface area contributed by atoms with Gasteiger partial charge in [0.1, 0.15) is 0 Å². The number of hydrogen-bond donors (Lipinski definition) is 1. The minimum atomic E-state index is 0.645. The maximum Gasteiger partial charge on any atom is 0.00816 e. The topological polar surface area (TPSA) is 15.3 Å². The Morgan fingerprint density at radius 2 is 1.50 bits per heavy atom. The lowest BCUT2D eigenvalue weighted by atomic mass is 10.1. The van der Waals surface area contributed by atoms with E-state index in [-0.39, 0.29) is 0 Å². The van der Waals surface area contributed by atoms with Crippen LogP contribution in [0.5, 0.6) is 0 Å². The first-order valence-corrected chi connectivity index (χ1v) is 7.13. The normalized spacial score (nSPS) is 15.4. The van der Waals surface area contributed by atoms with E-state index >= 15 is 0 Å². The number of nitrogens with one attached hydrogen (secondary N) is 1. The van der Waals surface area contributed by atoms with E-state index in [9.17, 15) is 0 Å². The third-order valence-corrected chi connectivity index (χ3v) is 3.08. The van der Waals surface area contributed by atoms with Gasteiger partial charge in [-0.3, -0.25) is 0 Å². The van der Waals surface area contributed by atoms with Crippen molar-refractivity contribution in [1.82, 2.24) is 10.2 Å². The highest BCUT2D eigenvalue weighted by atomic mass is 15.1. The molecular weight excluding hydrogens is 196 g/mol. The molecule has 2 nitrogen and oxygen atoms in total. The summed E-state index contributed by atoms with van der Waals surface area (Å²) in [5.74, 6) is 0. The maximum atomic E-state index is 3.58. The average Bonchev–Trinajstić information content (AvgIpc) is 2.26. The summed E-state index contributed by atoms with van der Waals surface area (Å²) in [6, 6.07) is 1.35. The van der Waals surface area contributed by atoms with Crippen molar-refractivity contribution in [3.05, 3.63) is 0 Å². The van der Waals surface area contributed by atoms with Crippen LogP contribution in [0.15, 0.2) is 0 Å². The fraction of sp³-hybridized carbons (Fsp3) is 1.00. The average molecular weight is 228 g/mol. The van der Waals surface area contributed by atoms with Gasteiger partial charge in [-0.15, -0.1) is 0 Å². The van der Waals surface area contributed by atoms with Crippen LogP contribution in [0, 0.1) is 0 Å². The van der Waals surface area contributed by atoms with Gasteiger partial charge in [-0.2, -0.15) is 0 Å². The molecule has 0 aliphatic heterocycles. The van der Waals surface area contributed by atoms with Crippen LogP contribution in [-0.4, -0.2) is 36.6 Å². The highest BCUT2D eigenvalue weighted by Crippen LogP contribution is 2.08. The molecule has 0 bridgehead atoms. The van der Waals surface area contributed by atoms with Crippen LogP contribution in [0.2, 0.25) is 0 Å². The van der Waals surface area contributed by atoms with Gasteiger partial charge in [0.25, 0.3) is 0 Å². The van der Waals surface area contributed by atoms with Gasteiger partial charge in [-0.25, -0.2) is 0 Å². The van der Waals surface area contributed by atoms with Crippen molar-refractivity contribution in [1.29, 1.82) is 0 Å². The smallest absolute Gasteiger partial charge is 0.00816 e. The second-order valence-electron chi connectivity index (χ2n) is 4.98. The fourth-order valence-electron chi connectivity index (χ4n) is 2.26. The SMILES string of the molecule is CCCNC(C)CC(C)N(CCC)CCC. The van der Waals surface area contributed by atoms with E-state index in [0.29, 0.717) is 12.1 Å². The molecule has 2 unspecified atom stereocenters. The summed E-state index contributed by atoms with van der Waals surface area (Å²) >= 11 is 0. The molecule has 0 saturated heterocycles. The van der Waals surface area contributed by atoms with Crippen molar-refractivity contribution in [2.45, 2.75) is 72.4 Å². The lowest BCUT2D eigenvalue weighted by Crippen LogP contribution is -2.39. The van der Waals surface area contributed by atoms with E-state index in [4.69, 9.17) is 0 Å². The molecule has 0 saturated carbocycles. The van der Waals surface area contributed by atoms with Gasteiger partial charge in [0.15, 0.2) is 0 Å². The molecule has 0 spiro atoms. The summed E-state index contributed by atoms with van der Waals surface area (Å²) < 4.78 is 0. The molecule has 98 valence electrons. The molecule has 0 amide bonds. The Labute approximate surface area is 103 Å². The third-order valence-electron chi connectivity index (χ3n) is 3.08. The fourth-order valence-corrected chi connectivity index (χ4v) is 2.26. The zero-order valence-electron chi connectivity index (χ0n) is 12.1. The molecule has 2 heteroatoms. The molecule has 0 heterocycles. The minimum Gasteiger partial charge on any atom is -0.314 e. The quantitative estimate of drug-likeness (QED) is 0.617. The zero-order valence-corrected chi connectivity index (χ0v) is 12.1. The Balaban J connectivity index is 3.91. The number of nitrogens with zero attached hydrogens (tertiary/aromatic N) is 1. The van der Waals surface area contributed by atoms with Gasteiger partial charge in [0.2, 0.25) is 0 Å². The number of hydrogen-bond acceptors (Lipinski definition) is 2. The highest BCUT2D eigenvalue weighted by molar-refractivity contribution is 4.72. The van der Waals surface area contributed by atoms with E-state index in [1.165, 1.54) is 38.8 Å². The number of rotatable bonds is 10. The van der Waals surface area contributed by atoms with E-state index in [0.717, 1.165) is 6.54 Å². The molecule has 0 rings (SSSR count). The van der Waals surface area contributed by atoms with Crippen LogP contribution >= 0.6 is 0 Å². The van der Waals surface area contributed by atoms with Crippen LogP contribution in [0.3, 0.4) is 0 Å². The summed E-state index contributed by atoms with van der Waals surface area (Å²) in [4.78, 5) is 2.63. The Morgan fingerprint density at radius 3 is 1.94 bits per heavy atom. The predicted molar refractivity (Wildman–Crippen MR) is 74.0 cm³/mol. The van der Waals surface area contributed by atoms with Crippen LogP contribution < -0.4 is 5.32 Å². The van der Waals surface area contributed by atoms with Gasteiger partial charge < -0.3 is 10.2 Å². The van der Waals surface area contributed by atoms with Crippen molar-refractivity contribution in [2.75, 3.05) is 19.6 Å². The van der Waals surface area contributed by atoms with Gasteiger partial charge >= 0.3 is 0 Å².